The van der Waals surface area contributed by atoms with E-state index >= 15 is 0 Å². The van der Waals surface area contributed by atoms with Gasteiger partial charge in [0.1, 0.15) is 54.9 Å². The van der Waals surface area contributed by atoms with Crippen molar-refractivity contribution in [2.75, 3.05) is 6.61 Å². The second kappa shape index (κ2) is 19.4. The quantitative estimate of drug-likeness (QED) is 0.273. The van der Waals surface area contributed by atoms with E-state index in [1.54, 1.807) is 0 Å². The summed E-state index contributed by atoms with van der Waals surface area (Å²) < 4.78 is 109. The van der Waals surface area contributed by atoms with Gasteiger partial charge in [0.2, 0.25) is 0 Å². The molecule has 16 aliphatic heterocycles. The summed E-state index contributed by atoms with van der Waals surface area (Å²) in [4.78, 5) is 14.5. The number of fused-ring (bicyclic) bond motifs is 10. The van der Waals surface area contributed by atoms with E-state index in [9.17, 15) is 15.0 Å². The highest BCUT2D eigenvalue weighted by Crippen LogP contribution is 2.57. The van der Waals surface area contributed by atoms with Gasteiger partial charge in [0.15, 0.2) is 29.9 Å². The van der Waals surface area contributed by atoms with Crippen LogP contribution >= 0.6 is 0 Å². The van der Waals surface area contributed by atoms with Gasteiger partial charge in [0.05, 0.1) is 85.8 Å². The van der Waals surface area contributed by atoms with Crippen molar-refractivity contribution in [1.82, 2.24) is 0 Å². The van der Waals surface area contributed by atoms with Gasteiger partial charge in [-0.3, -0.25) is 4.79 Å². The Morgan fingerprint density at radius 2 is 1.21 bits per heavy atom. The molecule has 428 valence electrons. The Morgan fingerprint density at radius 3 is 2.06 bits per heavy atom. The highest BCUT2D eigenvalue weighted by molar-refractivity contribution is 5.70. The molecule has 0 aromatic carbocycles. The van der Waals surface area contributed by atoms with E-state index in [-0.39, 0.29) is 122 Å². The molecule has 0 saturated carbocycles. The summed E-state index contributed by atoms with van der Waals surface area (Å²) in [6.07, 6.45) is 0.940. The number of carbonyl (C=O) groups excluding carboxylic acids is 1. The second-order valence-corrected chi connectivity index (χ2v) is 26.5. The van der Waals surface area contributed by atoms with Gasteiger partial charge in [0.25, 0.3) is 0 Å². The van der Waals surface area contributed by atoms with Gasteiger partial charge in [-0.15, -0.1) is 0 Å². The molecule has 2 unspecified atom stereocenters. The summed E-state index contributed by atoms with van der Waals surface area (Å²) >= 11 is 0. The molecule has 0 radical (unpaired) electrons. The third kappa shape index (κ3) is 8.94. The molecule has 2 N–H and O–H groups in total. The number of rotatable bonds is 2. The summed E-state index contributed by atoms with van der Waals surface area (Å²) in [5.74, 6) is -3.08. The standard InChI is InChI=1S/C58H82O19/c1-25-15-31-7-9-35-26(2)16-33(62-35)11-13-56-22-41-50(75-56)51-52(67-41)53(76-56)49-37(66-51)10-8-32(64-49)17-44(61)70-47-30(6)48-55(69-39(47)19-38(63-31)29(25)5)71-54-43(68-48)24-58(77-54)23-42-46(74-58)28(4)21-57(73-42)20-27(3)45-40(72-57)18-34(60)36(65-45)12-14-59/h25,27-28,30-43,45-55,59-60H,2,5,7-24H2,1,3-4,6H3/t25-,27+,28+,30-,31+,32-,33+,34-,35+,36-,37+,38-,39+,40+,41?,42+,43-,45+,46+,47-,48+,49+,50?,51+,52-,53+,54+,55+,56+,57-,58+/m1/s1. The van der Waals surface area contributed by atoms with Gasteiger partial charge < -0.3 is 86.0 Å². The third-order valence-corrected chi connectivity index (χ3v) is 21.1. The summed E-state index contributed by atoms with van der Waals surface area (Å²) in [7, 11) is 0. The van der Waals surface area contributed by atoms with Crippen LogP contribution in [0.2, 0.25) is 0 Å². The highest BCUT2D eigenvalue weighted by atomic mass is 16.9. The molecule has 77 heavy (non-hydrogen) atoms. The minimum atomic E-state index is -1.03. The lowest BCUT2D eigenvalue weighted by Crippen LogP contribution is -2.62. The van der Waals surface area contributed by atoms with Crippen LogP contribution in [0.1, 0.15) is 137 Å². The zero-order valence-corrected chi connectivity index (χ0v) is 45.1. The van der Waals surface area contributed by atoms with Gasteiger partial charge in [0, 0.05) is 63.9 Å². The lowest BCUT2D eigenvalue weighted by atomic mass is 9.78. The first-order valence-corrected chi connectivity index (χ1v) is 29.9. The van der Waals surface area contributed by atoms with Crippen molar-refractivity contribution in [2.45, 2.75) is 301 Å². The van der Waals surface area contributed by atoms with Crippen LogP contribution in [0.4, 0.5) is 0 Å². The van der Waals surface area contributed by atoms with E-state index in [1.165, 1.54) is 0 Å². The van der Waals surface area contributed by atoms with E-state index < -0.39 is 84.9 Å². The van der Waals surface area contributed by atoms with Crippen molar-refractivity contribution < 1.29 is 90.8 Å². The van der Waals surface area contributed by atoms with Crippen molar-refractivity contribution in [1.29, 1.82) is 0 Å². The molecule has 0 aromatic rings. The van der Waals surface area contributed by atoms with Crippen LogP contribution in [0.15, 0.2) is 24.3 Å². The smallest absolute Gasteiger partial charge is 0.308 e. The van der Waals surface area contributed by atoms with Crippen molar-refractivity contribution in [3.63, 3.8) is 0 Å². The Bertz CT molecular complexity index is 2290. The fraction of sp³-hybridized carbons (Fsp3) is 0.914. The first-order chi connectivity index (χ1) is 37.1. The van der Waals surface area contributed by atoms with E-state index in [0.717, 1.165) is 43.3 Å². The number of aliphatic hydroxyl groups excluding tert-OH is 2. The topological polar surface area (TPSA) is 205 Å². The number of carbonyl (C=O) groups is 1. The first-order valence-electron chi connectivity index (χ1n) is 29.9. The molecular formula is C58H82O19. The van der Waals surface area contributed by atoms with Gasteiger partial charge in [-0.2, -0.15) is 0 Å². The molecule has 16 fully saturated rings. The fourth-order valence-electron chi connectivity index (χ4n) is 17.5. The van der Waals surface area contributed by atoms with Crippen LogP contribution in [0.5, 0.6) is 0 Å². The number of ether oxygens (including phenoxy) is 16. The van der Waals surface area contributed by atoms with E-state index in [4.69, 9.17) is 75.8 Å². The minimum absolute atomic E-state index is 0.00742. The monoisotopic (exact) mass is 1080 g/mol. The van der Waals surface area contributed by atoms with Crippen LogP contribution in [0.3, 0.4) is 0 Å². The summed E-state index contributed by atoms with van der Waals surface area (Å²) in [5.41, 5.74) is 2.11. The maximum Gasteiger partial charge on any atom is 0.308 e. The van der Waals surface area contributed by atoms with Crippen LogP contribution < -0.4 is 0 Å². The maximum absolute atomic E-state index is 14.5. The number of hydrogen-bond acceptors (Lipinski definition) is 19. The zero-order valence-electron chi connectivity index (χ0n) is 45.1. The molecule has 16 heterocycles. The van der Waals surface area contributed by atoms with Crippen molar-refractivity contribution >= 4 is 5.97 Å². The largest absolute Gasteiger partial charge is 0.459 e. The van der Waals surface area contributed by atoms with E-state index in [2.05, 4.69) is 40.9 Å². The second-order valence-electron chi connectivity index (χ2n) is 26.5. The molecule has 12 bridgehead atoms. The van der Waals surface area contributed by atoms with Crippen LogP contribution in [0.25, 0.3) is 0 Å². The summed E-state index contributed by atoms with van der Waals surface area (Å²) in [6.45, 7) is 17.6. The van der Waals surface area contributed by atoms with Crippen molar-refractivity contribution in [3.05, 3.63) is 24.3 Å². The lowest BCUT2D eigenvalue weighted by Gasteiger charge is -2.54. The Kier molecular flexibility index (Phi) is 13.1. The Morgan fingerprint density at radius 1 is 0.506 bits per heavy atom. The molecule has 0 amide bonds. The van der Waals surface area contributed by atoms with E-state index in [1.807, 2.05) is 0 Å². The number of esters is 1. The molecule has 16 saturated heterocycles. The molecule has 19 nitrogen and oxygen atoms in total. The van der Waals surface area contributed by atoms with Crippen LogP contribution in [-0.2, 0) is 80.6 Å². The summed E-state index contributed by atoms with van der Waals surface area (Å²) in [6, 6.07) is 0. The molecular weight excluding hydrogens is 1000 g/mol. The molecule has 19 heteroatoms. The molecule has 0 aromatic heterocycles. The average Bonchev–Trinajstić information content (AvgIpc) is 4.34. The number of hydrogen-bond donors (Lipinski definition) is 2. The normalized spacial score (nSPS) is 58.6. The van der Waals surface area contributed by atoms with Crippen molar-refractivity contribution in [2.24, 2.45) is 23.7 Å². The van der Waals surface area contributed by atoms with Gasteiger partial charge >= 0.3 is 5.97 Å². The summed E-state index contributed by atoms with van der Waals surface area (Å²) in [5, 5.41) is 20.6. The zero-order chi connectivity index (χ0) is 52.4. The Hall–Kier alpha value is -1.73. The van der Waals surface area contributed by atoms with E-state index in [0.29, 0.717) is 70.6 Å². The minimum Gasteiger partial charge on any atom is -0.459 e. The van der Waals surface area contributed by atoms with Crippen LogP contribution in [0, 0.1) is 23.7 Å². The lowest BCUT2D eigenvalue weighted by molar-refractivity contribution is -0.393. The highest BCUT2D eigenvalue weighted by Gasteiger charge is 2.70. The van der Waals surface area contributed by atoms with Gasteiger partial charge in [-0.1, -0.05) is 40.9 Å². The predicted octanol–water partition coefficient (Wildman–Crippen LogP) is 5.11. The van der Waals surface area contributed by atoms with Gasteiger partial charge in [-0.05, 0) is 80.3 Å². The molecule has 31 atom stereocenters. The maximum atomic E-state index is 14.5. The SMILES string of the molecule is C=C1C[C@@H]2CC[C@@]34CC5O[C@H]6[C@@H](O3)[C@H]3O[C@H](CC[C@@H]3O[C@H]6C5O4)CC(=O)O[C@@H]3[C@@H](C)[C@@H]4O[C@@H]5C[C@]6(C[C@@H]7O[C@]8(C[C@H](C)[C@@H]9O[C@H](CCO)[C@H](O)C[C@@H]9O8)C[C@H](C)[C@@H]7O6)O[C@@H]5O[C@@H]4O[C@H]3C[C@H]3O[C@@H](CC[C@@H]1O2)C[C@@H](C)C3=C. The molecule has 0 aliphatic carbocycles. The Balaban J connectivity index is 0.664. The van der Waals surface area contributed by atoms with Gasteiger partial charge in [-0.25, -0.2) is 0 Å². The molecule has 16 aliphatic rings. The van der Waals surface area contributed by atoms with Crippen molar-refractivity contribution in [3.8, 4) is 0 Å². The van der Waals surface area contributed by atoms with Crippen LogP contribution in [-0.4, -0.2) is 187 Å². The predicted molar refractivity (Wildman–Crippen MR) is 264 cm³/mol. The first kappa shape index (κ1) is 52.1. The molecule has 16 rings (SSSR count). The fourth-order valence-corrected chi connectivity index (χ4v) is 17.5. The average molecular weight is 1080 g/mol. The number of aliphatic hydroxyl groups is 2. The molecule has 3 spiro atoms. The third-order valence-electron chi connectivity index (χ3n) is 21.1. The Labute approximate surface area is 451 Å².